The predicted octanol–water partition coefficient (Wildman–Crippen LogP) is 2.43. The van der Waals surface area contributed by atoms with Crippen LogP contribution in [0.5, 0.6) is 0 Å². The van der Waals surface area contributed by atoms with Gasteiger partial charge in [-0.1, -0.05) is 17.7 Å². The molecule has 1 fully saturated rings. The van der Waals surface area contributed by atoms with Gasteiger partial charge in [0.15, 0.2) is 6.29 Å². The summed E-state index contributed by atoms with van der Waals surface area (Å²) in [6.45, 7) is 0.184. The Hall–Kier alpha value is -0.810. The first-order valence-corrected chi connectivity index (χ1v) is 5.90. The molecule has 2 atom stereocenters. The zero-order chi connectivity index (χ0) is 12.3. The van der Waals surface area contributed by atoms with Crippen molar-refractivity contribution >= 4 is 29.2 Å². The molecule has 1 aliphatic heterocycles. The van der Waals surface area contributed by atoms with Gasteiger partial charge in [0.05, 0.1) is 11.4 Å². The van der Waals surface area contributed by atoms with E-state index in [0.717, 1.165) is 0 Å². The molecule has 0 N–H and O–H groups in total. The Labute approximate surface area is 108 Å². The highest BCUT2D eigenvalue weighted by Gasteiger charge is 2.28. The Kier molecular flexibility index (Phi) is 4.23. The molecule has 6 heteroatoms. The van der Waals surface area contributed by atoms with E-state index in [9.17, 15) is 4.79 Å². The van der Waals surface area contributed by atoms with E-state index in [-0.39, 0.29) is 12.5 Å². The number of esters is 1. The summed E-state index contributed by atoms with van der Waals surface area (Å²) < 4.78 is 15.4. The summed E-state index contributed by atoms with van der Waals surface area (Å²) in [6.07, 6.45) is -1.24. The molecule has 1 aliphatic rings. The van der Waals surface area contributed by atoms with Crippen LogP contribution in [0.25, 0.3) is 0 Å². The Morgan fingerprint density at radius 3 is 3.00 bits per heavy atom. The first-order chi connectivity index (χ1) is 8.19. The van der Waals surface area contributed by atoms with Gasteiger partial charge in [0.25, 0.3) is 0 Å². The van der Waals surface area contributed by atoms with Crippen LogP contribution in [0.3, 0.4) is 0 Å². The van der Waals surface area contributed by atoms with E-state index >= 15 is 0 Å². The van der Waals surface area contributed by atoms with Crippen LogP contribution in [0, 0.1) is 0 Å². The lowest BCUT2D eigenvalue weighted by atomic mass is 10.2. The largest absolute Gasteiger partial charge is 0.429 e. The monoisotopic (exact) mass is 276 g/mol. The number of halogens is 2. The van der Waals surface area contributed by atoms with Crippen molar-refractivity contribution in [2.75, 3.05) is 12.5 Å². The standard InChI is InChI=1S/C11H10Cl2O4/c12-5-9-15-6-10(16-9)17-11(14)7-2-1-3-8(13)4-7/h1-4,9-10H,5-6H2/t9-,10-/m0/s1. The number of hydrogen-bond donors (Lipinski definition) is 0. The summed E-state index contributed by atoms with van der Waals surface area (Å²) in [5.41, 5.74) is 0.371. The van der Waals surface area contributed by atoms with Crippen LogP contribution in [-0.4, -0.2) is 31.0 Å². The van der Waals surface area contributed by atoms with Crippen molar-refractivity contribution in [1.29, 1.82) is 0 Å². The van der Waals surface area contributed by atoms with E-state index in [1.807, 2.05) is 0 Å². The highest BCUT2D eigenvalue weighted by Crippen LogP contribution is 2.17. The van der Waals surface area contributed by atoms with E-state index in [2.05, 4.69) is 0 Å². The Morgan fingerprint density at radius 1 is 1.53 bits per heavy atom. The molecule has 17 heavy (non-hydrogen) atoms. The van der Waals surface area contributed by atoms with Crippen molar-refractivity contribution in [1.82, 2.24) is 0 Å². The fraction of sp³-hybridized carbons (Fsp3) is 0.364. The van der Waals surface area contributed by atoms with Gasteiger partial charge in [-0.3, -0.25) is 0 Å². The van der Waals surface area contributed by atoms with Crippen molar-refractivity contribution in [2.24, 2.45) is 0 Å². The van der Waals surface area contributed by atoms with Gasteiger partial charge in [0.2, 0.25) is 6.29 Å². The topological polar surface area (TPSA) is 44.8 Å². The number of ether oxygens (including phenoxy) is 3. The normalized spacial score (nSPS) is 23.6. The van der Waals surface area contributed by atoms with Crippen molar-refractivity contribution < 1.29 is 19.0 Å². The first-order valence-electron chi connectivity index (χ1n) is 4.98. The minimum Gasteiger partial charge on any atom is -0.429 e. The summed E-state index contributed by atoms with van der Waals surface area (Å²) in [5.74, 6) is -0.304. The summed E-state index contributed by atoms with van der Waals surface area (Å²) in [6, 6.07) is 6.49. The molecular formula is C11H10Cl2O4. The Balaban J connectivity index is 1.94. The van der Waals surface area contributed by atoms with Crippen LogP contribution < -0.4 is 0 Å². The number of carbonyl (C=O) groups is 1. The highest BCUT2D eigenvalue weighted by atomic mass is 35.5. The van der Waals surface area contributed by atoms with Crippen molar-refractivity contribution in [3.05, 3.63) is 34.9 Å². The molecule has 0 amide bonds. The van der Waals surface area contributed by atoms with Gasteiger partial charge >= 0.3 is 5.97 Å². The molecule has 0 saturated carbocycles. The molecule has 0 bridgehead atoms. The predicted molar refractivity (Wildman–Crippen MR) is 62.2 cm³/mol. The number of hydrogen-bond acceptors (Lipinski definition) is 4. The molecule has 0 radical (unpaired) electrons. The molecule has 1 aromatic rings. The van der Waals surface area contributed by atoms with E-state index in [1.165, 1.54) is 6.07 Å². The van der Waals surface area contributed by atoms with Crippen molar-refractivity contribution in [3.63, 3.8) is 0 Å². The summed E-state index contributed by atoms with van der Waals surface area (Å²) in [7, 11) is 0. The quantitative estimate of drug-likeness (QED) is 0.628. The number of carbonyl (C=O) groups excluding carboxylic acids is 1. The first kappa shape index (κ1) is 12.6. The summed E-state index contributed by atoms with van der Waals surface area (Å²) in [4.78, 5) is 11.7. The van der Waals surface area contributed by atoms with Crippen molar-refractivity contribution in [3.8, 4) is 0 Å². The third-order valence-electron chi connectivity index (χ3n) is 2.15. The SMILES string of the molecule is O=C(O[C@H]1CO[C@H](CCl)O1)c1cccc(Cl)c1. The smallest absolute Gasteiger partial charge is 0.340 e. The molecule has 2 rings (SSSR count). The lowest BCUT2D eigenvalue weighted by molar-refractivity contribution is -0.110. The van der Waals surface area contributed by atoms with E-state index < -0.39 is 18.5 Å². The molecule has 92 valence electrons. The molecule has 1 saturated heterocycles. The van der Waals surface area contributed by atoms with Gasteiger partial charge in [0.1, 0.15) is 6.61 Å². The van der Waals surface area contributed by atoms with Gasteiger partial charge < -0.3 is 14.2 Å². The molecule has 0 aliphatic carbocycles. The minimum absolute atomic E-state index is 0.184. The number of rotatable bonds is 3. The lowest BCUT2D eigenvalue weighted by Crippen LogP contribution is -2.21. The van der Waals surface area contributed by atoms with Crippen LogP contribution in [0.2, 0.25) is 5.02 Å². The average Bonchev–Trinajstić information content (AvgIpc) is 2.77. The molecule has 1 aromatic carbocycles. The molecule has 0 aromatic heterocycles. The van der Waals surface area contributed by atoms with Crippen LogP contribution >= 0.6 is 23.2 Å². The van der Waals surface area contributed by atoms with Crippen LogP contribution in [0.4, 0.5) is 0 Å². The van der Waals surface area contributed by atoms with Gasteiger partial charge in [-0.2, -0.15) is 0 Å². The number of alkyl halides is 1. The fourth-order valence-corrected chi connectivity index (χ4v) is 1.73. The van der Waals surface area contributed by atoms with Crippen LogP contribution in [-0.2, 0) is 14.2 Å². The second-order valence-corrected chi connectivity index (χ2v) is 4.14. The second kappa shape index (κ2) is 5.69. The zero-order valence-corrected chi connectivity index (χ0v) is 10.3. The molecular weight excluding hydrogens is 267 g/mol. The maximum atomic E-state index is 11.7. The average molecular weight is 277 g/mol. The Bertz CT molecular complexity index is 410. The van der Waals surface area contributed by atoms with Gasteiger partial charge in [-0.25, -0.2) is 4.79 Å². The minimum atomic E-state index is -0.717. The zero-order valence-electron chi connectivity index (χ0n) is 8.77. The molecule has 1 heterocycles. The highest BCUT2D eigenvalue weighted by molar-refractivity contribution is 6.30. The second-order valence-electron chi connectivity index (χ2n) is 3.40. The molecule has 4 nitrogen and oxygen atoms in total. The third kappa shape index (κ3) is 3.33. The van der Waals surface area contributed by atoms with E-state index in [4.69, 9.17) is 37.4 Å². The lowest BCUT2D eigenvalue weighted by Gasteiger charge is -2.10. The van der Waals surface area contributed by atoms with Gasteiger partial charge in [-0.05, 0) is 18.2 Å². The van der Waals surface area contributed by atoms with Gasteiger partial charge in [0, 0.05) is 5.02 Å². The van der Waals surface area contributed by atoms with Gasteiger partial charge in [-0.15, -0.1) is 11.6 Å². The van der Waals surface area contributed by atoms with E-state index in [1.54, 1.807) is 18.2 Å². The fourth-order valence-electron chi connectivity index (χ4n) is 1.38. The Morgan fingerprint density at radius 2 is 2.35 bits per heavy atom. The van der Waals surface area contributed by atoms with Crippen LogP contribution in [0.15, 0.2) is 24.3 Å². The summed E-state index contributed by atoms with van der Waals surface area (Å²) >= 11 is 11.3. The summed E-state index contributed by atoms with van der Waals surface area (Å²) in [5, 5.41) is 0.474. The molecule has 0 unspecified atom stereocenters. The number of benzene rings is 1. The maximum absolute atomic E-state index is 11.7. The van der Waals surface area contributed by atoms with E-state index in [0.29, 0.717) is 10.6 Å². The maximum Gasteiger partial charge on any atom is 0.340 e. The third-order valence-corrected chi connectivity index (χ3v) is 2.63. The van der Waals surface area contributed by atoms with Crippen LogP contribution in [0.1, 0.15) is 10.4 Å². The van der Waals surface area contributed by atoms with Crippen molar-refractivity contribution in [2.45, 2.75) is 12.6 Å². The molecule has 0 spiro atoms.